The van der Waals surface area contributed by atoms with Crippen LogP contribution in [-0.4, -0.2) is 61.1 Å². The maximum absolute atomic E-state index is 12.4. The van der Waals surface area contributed by atoms with Crippen LogP contribution in [-0.2, 0) is 0 Å². The summed E-state index contributed by atoms with van der Waals surface area (Å²) in [5.74, 6) is 0. The Morgan fingerprint density at radius 3 is 2.26 bits per heavy atom. The number of piperazine rings is 1. The Morgan fingerprint density at radius 2 is 1.67 bits per heavy atom. The van der Waals surface area contributed by atoms with Gasteiger partial charge in [-0.25, -0.2) is 4.79 Å². The molecule has 0 radical (unpaired) electrons. The van der Waals surface area contributed by atoms with E-state index in [1.807, 2.05) is 26.2 Å². The van der Waals surface area contributed by atoms with Gasteiger partial charge in [-0.2, -0.15) is 0 Å². The summed E-state index contributed by atoms with van der Waals surface area (Å²) < 4.78 is 0. The molecule has 0 aromatic heterocycles. The first-order valence-corrected chi connectivity index (χ1v) is 9.61. The fourth-order valence-electron chi connectivity index (χ4n) is 2.97. The highest BCUT2D eigenvalue weighted by atomic mass is 35.5. The molecule has 0 unspecified atom stereocenters. The van der Waals surface area contributed by atoms with Gasteiger partial charge in [-0.1, -0.05) is 29.9 Å². The number of thiocarbonyl (C=S) groups is 1. The zero-order valence-corrected chi connectivity index (χ0v) is 17.1. The smallest absolute Gasteiger partial charge is 0.321 e. The molecule has 0 atom stereocenters. The molecule has 1 fully saturated rings. The van der Waals surface area contributed by atoms with E-state index in [9.17, 15) is 4.79 Å². The van der Waals surface area contributed by atoms with Crippen molar-refractivity contribution in [1.82, 2.24) is 9.80 Å². The second-order valence-corrected chi connectivity index (χ2v) is 7.48. The molecule has 1 heterocycles. The van der Waals surface area contributed by atoms with Crippen LogP contribution in [0.5, 0.6) is 0 Å². The van der Waals surface area contributed by atoms with Gasteiger partial charge in [0.2, 0.25) is 0 Å². The third kappa shape index (κ3) is 4.90. The Bertz CT molecular complexity index is 817. The van der Waals surface area contributed by atoms with E-state index >= 15 is 0 Å². The number of benzene rings is 2. The molecule has 2 amide bonds. The minimum atomic E-state index is -0.113. The SMILES string of the molecule is CN(C)c1ccc(C(=S)N2CCN(C(=O)Nc3cccc(Cl)c3)CC2)cc1. The Kier molecular flexibility index (Phi) is 6.19. The van der Waals surface area contributed by atoms with Crippen molar-refractivity contribution in [1.29, 1.82) is 0 Å². The van der Waals surface area contributed by atoms with Crippen LogP contribution in [0.1, 0.15) is 5.56 Å². The van der Waals surface area contributed by atoms with Crippen molar-refractivity contribution >= 4 is 46.2 Å². The second-order valence-electron chi connectivity index (χ2n) is 6.66. The Morgan fingerprint density at radius 1 is 1.04 bits per heavy atom. The third-order valence-electron chi connectivity index (χ3n) is 4.56. The minimum absolute atomic E-state index is 0.113. The van der Waals surface area contributed by atoms with Crippen LogP contribution >= 0.6 is 23.8 Å². The summed E-state index contributed by atoms with van der Waals surface area (Å²) in [4.78, 5) is 19.3. The lowest BCUT2D eigenvalue weighted by Gasteiger charge is -2.36. The van der Waals surface area contributed by atoms with Gasteiger partial charge in [-0.15, -0.1) is 0 Å². The van der Waals surface area contributed by atoms with E-state index in [0.717, 1.165) is 29.3 Å². The maximum atomic E-state index is 12.4. The van der Waals surface area contributed by atoms with Crippen molar-refractivity contribution in [3.8, 4) is 0 Å². The fourth-order valence-corrected chi connectivity index (χ4v) is 3.48. The zero-order chi connectivity index (χ0) is 19.4. The van der Waals surface area contributed by atoms with E-state index in [0.29, 0.717) is 23.8 Å². The van der Waals surface area contributed by atoms with Crippen molar-refractivity contribution in [3.63, 3.8) is 0 Å². The summed E-state index contributed by atoms with van der Waals surface area (Å²) in [5, 5.41) is 3.49. The average Bonchev–Trinajstić information content (AvgIpc) is 2.67. The average molecular weight is 403 g/mol. The normalized spacial score (nSPS) is 14.0. The molecule has 1 aliphatic rings. The van der Waals surface area contributed by atoms with Gasteiger partial charge in [0.25, 0.3) is 0 Å². The molecular formula is C20H23ClN4OS. The molecule has 27 heavy (non-hydrogen) atoms. The minimum Gasteiger partial charge on any atom is -0.378 e. The molecule has 0 bridgehead atoms. The van der Waals surface area contributed by atoms with Gasteiger partial charge in [0.1, 0.15) is 4.99 Å². The first-order valence-electron chi connectivity index (χ1n) is 8.82. The van der Waals surface area contributed by atoms with Gasteiger partial charge in [0, 0.05) is 62.2 Å². The molecule has 1 aliphatic heterocycles. The standard InChI is InChI=1S/C20H23ClN4OS/c1-23(2)18-8-6-15(7-9-18)19(27)24-10-12-25(13-11-24)20(26)22-17-5-3-4-16(21)14-17/h3-9,14H,10-13H2,1-2H3,(H,22,26). The van der Waals surface area contributed by atoms with Crippen molar-refractivity contribution < 1.29 is 4.79 Å². The predicted octanol–water partition coefficient (Wildman–Crippen LogP) is 3.93. The molecule has 2 aromatic rings. The molecule has 142 valence electrons. The van der Waals surface area contributed by atoms with Crippen LogP contribution < -0.4 is 10.2 Å². The quantitative estimate of drug-likeness (QED) is 0.789. The summed E-state index contributed by atoms with van der Waals surface area (Å²) in [6.07, 6.45) is 0. The number of carbonyl (C=O) groups is 1. The number of hydrogen-bond donors (Lipinski definition) is 1. The van der Waals surface area contributed by atoms with E-state index in [4.69, 9.17) is 23.8 Å². The van der Waals surface area contributed by atoms with Crippen molar-refractivity contribution in [2.45, 2.75) is 0 Å². The molecule has 5 nitrogen and oxygen atoms in total. The van der Waals surface area contributed by atoms with Crippen molar-refractivity contribution in [3.05, 3.63) is 59.1 Å². The topological polar surface area (TPSA) is 38.8 Å². The number of rotatable bonds is 3. The highest BCUT2D eigenvalue weighted by Crippen LogP contribution is 2.17. The number of amides is 2. The summed E-state index contributed by atoms with van der Waals surface area (Å²) in [7, 11) is 4.03. The number of carbonyl (C=O) groups excluding carboxylic acids is 1. The van der Waals surface area contributed by atoms with Crippen LogP contribution in [0.2, 0.25) is 5.02 Å². The first kappa shape index (κ1) is 19.5. The lowest BCUT2D eigenvalue weighted by molar-refractivity contribution is 0.182. The van der Waals surface area contributed by atoms with Gasteiger partial charge in [-0.05, 0) is 42.5 Å². The molecule has 2 aromatic carbocycles. The van der Waals surface area contributed by atoms with Crippen LogP contribution in [0.3, 0.4) is 0 Å². The summed E-state index contributed by atoms with van der Waals surface area (Å²) >= 11 is 11.6. The Balaban J connectivity index is 1.54. The maximum Gasteiger partial charge on any atom is 0.321 e. The van der Waals surface area contributed by atoms with Crippen LogP contribution in [0.15, 0.2) is 48.5 Å². The Labute approximate surface area is 170 Å². The summed E-state index contributed by atoms with van der Waals surface area (Å²) in [6, 6.07) is 15.3. The number of nitrogens with one attached hydrogen (secondary N) is 1. The summed E-state index contributed by atoms with van der Waals surface area (Å²) in [5.41, 5.74) is 2.88. The highest BCUT2D eigenvalue weighted by Gasteiger charge is 2.23. The number of halogens is 1. The lowest BCUT2D eigenvalue weighted by Crippen LogP contribution is -2.51. The molecule has 3 rings (SSSR count). The number of anilines is 2. The molecule has 1 N–H and O–H groups in total. The molecule has 7 heteroatoms. The van der Waals surface area contributed by atoms with Crippen LogP contribution in [0, 0.1) is 0 Å². The van der Waals surface area contributed by atoms with Crippen LogP contribution in [0.4, 0.5) is 16.2 Å². The molecule has 1 saturated heterocycles. The van der Waals surface area contributed by atoms with Crippen molar-refractivity contribution in [2.24, 2.45) is 0 Å². The Hall–Kier alpha value is -2.31. The number of nitrogens with zero attached hydrogens (tertiary/aromatic N) is 3. The summed E-state index contributed by atoms with van der Waals surface area (Å²) in [6.45, 7) is 2.69. The van der Waals surface area contributed by atoms with Crippen molar-refractivity contribution in [2.75, 3.05) is 50.5 Å². The van der Waals surface area contributed by atoms with E-state index < -0.39 is 0 Å². The van der Waals surface area contributed by atoms with Gasteiger partial charge in [-0.3, -0.25) is 0 Å². The lowest BCUT2D eigenvalue weighted by atomic mass is 10.1. The largest absolute Gasteiger partial charge is 0.378 e. The monoisotopic (exact) mass is 402 g/mol. The molecular weight excluding hydrogens is 380 g/mol. The van der Waals surface area contributed by atoms with Gasteiger partial charge >= 0.3 is 6.03 Å². The van der Waals surface area contributed by atoms with E-state index in [1.165, 1.54) is 0 Å². The molecule has 0 saturated carbocycles. The van der Waals surface area contributed by atoms with E-state index in [2.05, 4.69) is 39.4 Å². The second kappa shape index (κ2) is 8.59. The number of hydrogen-bond acceptors (Lipinski definition) is 3. The third-order valence-corrected chi connectivity index (χ3v) is 5.29. The number of urea groups is 1. The van der Waals surface area contributed by atoms with Gasteiger partial charge < -0.3 is 20.0 Å². The van der Waals surface area contributed by atoms with E-state index in [1.54, 1.807) is 17.0 Å². The highest BCUT2D eigenvalue weighted by molar-refractivity contribution is 7.80. The zero-order valence-electron chi connectivity index (χ0n) is 15.5. The van der Waals surface area contributed by atoms with Crippen LogP contribution in [0.25, 0.3) is 0 Å². The fraction of sp³-hybridized carbons (Fsp3) is 0.300. The van der Waals surface area contributed by atoms with Gasteiger partial charge in [0.15, 0.2) is 0 Å². The first-order chi connectivity index (χ1) is 12.9. The molecule has 0 aliphatic carbocycles. The molecule has 0 spiro atoms. The van der Waals surface area contributed by atoms with Gasteiger partial charge in [0.05, 0.1) is 0 Å². The predicted molar refractivity (Wildman–Crippen MR) is 116 cm³/mol. The van der Waals surface area contributed by atoms with E-state index in [-0.39, 0.29) is 6.03 Å².